The Morgan fingerprint density at radius 3 is 2.65 bits per heavy atom. The maximum atomic E-state index is 12.2. The van der Waals surface area contributed by atoms with Crippen molar-refractivity contribution in [2.45, 2.75) is 12.5 Å². The Kier molecular flexibility index (Phi) is 3.23. The van der Waals surface area contributed by atoms with E-state index in [9.17, 15) is 9.90 Å². The first-order chi connectivity index (χ1) is 9.63. The minimum absolute atomic E-state index is 0.0397. The molecule has 0 radical (unpaired) electrons. The standard InChI is InChI=1S/C14H16N4O2/c1-17-9-15-13(16-17)10-2-4-11(5-3-10)14(20)18-7-6-12(19)8-18/h2-5,9,12,19H,6-8H2,1H3/t12-/m1/s1. The fraction of sp³-hybridized carbons (Fsp3) is 0.357. The summed E-state index contributed by atoms with van der Waals surface area (Å²) in [5.41, 5.74) is 1.50. The van der Waals surface area contributed by atoms with Gasteiger partial charge in [-0.3, -0.25) is 9.48 Å². The molecule has 1 atom stereocenters. The van der Waals surface area contributed by atoms with Crippen molar-refractivity contribution in [3.8, 4) is 11.4 Å². The van der Waals surface area contributed by atoms with Crippen LogP contribution in [0.3, 0.4) is 0 Å². The summed E-state index contributed by atoms with van der Waals surface area (Å²) < 4.78 is 1.64. The summed E-state index contributed by atoms with van der Waals surface area (Å²) >= 11 is 0. The number of carbonyl (C=O) groups is 1. The van der Waals surface area contributed by atoms with Crippen LogP contribution in [0.2, 0.25) is 0 Å². The van der Waals surface area contributed by atoms with E-state index < -0.39 is 6.10 Å². The zero-order chi connectivity index (χ0) is 14.1. The summed E-state index contributed by atoms with van der Waals surface area (Å²) in [5.74, 6) is 0.602. The average Bonchev–Trinajstić information content (AvgIpc) is 3.07. The second kappa shape index (κ2) is 5.05. The molecule has 0 saturated carbocycles. The summed E-state index contributed by atoms with van der Waals surface area (Å²) in [5, 5.41) is 13.7. The van der Waals surface area contributed by atoms with Crippen molar-refractivity contribution in [3.63, 3.8) is 0 Å². The summed E-state index contributed by atoms with van der Waals surface area (Å²) in [4.78, 5) is 18.1. The van der Waals surface area contributed by atoms with Crippen molar-refractivity contribution >= 4 is 5.91 Å². The molecule has 6 nitrogen and oxygen atoms in total. The molecule has 20 heavy (non-hydrogen) atoms. The molecule has 1 amide bonds. The second-order valence-electron chi connectivity index (χ2n) is 5.01. The summed E-state index contributed by atoms with van der Waals surface area (Å²) in [7, 11) is 1.81. The first-order valence-corrected chi connectivity index (χ1v) is 6.57. The van der Waals surface area contributed by atoms with E-state index in [4.69, 9.17) is 0 Å². The molecule has 2 heterocycles. The molecule has 1 N–H and O–H groups in total. The number of hydrogen-bond acceptors (Lipinski definition) is 4. The largest absolute Gasteiger partial charge is 0.391 e. The van der Waals surface area contributed by atoms with E-state index in [1.54, 1.807) is 28.0 Å². The molecule has 1 aliphatic heterocycles. The van der Waals surface area contributed by atoms with Gasteiger partial charge < -0.3 is 10.0 Å². The summed E-state index contributed by atoms with van der Waals surface area (Å²) in [6.45, 7) is 1.03. The van der Waals surface area contributed by atoms with Gasteiger partial charge in [-0.2, -0.15) is 5.10 Å². The number of β-amino-alcohol motifs (C(OH)–C–C–N with tert-alkyl or cyclic N) is 1. The monoisotopic (exact) mass is 272 g/mol. The molecule has 0 bridgehead atoms. The lowest BCUT2D eigenvalue weighted by atomic mass is 10.1. The first-order valence-electron chi connectivity index (χ1n) is 6.57. The zero-order valence-corrected chi connectivity index (χ0v) is 11.2. The Hall–Kier alpha value is -2.21. The molecule has 0 aliphatic carbocycles. The number of carbonyl (C=O) groups excluding carboxylic acids is 1. The molecule has 104 valence electrons. The maximum absolute atomic E-state index is 12.2. The van der Waals surface area contributed by atoms with Gasteiger partial charge in [0.2, 0.25) is 0 Å². The van der Waals surface area contributed by atoms with Crippen LogP contribution in [-0.4, -0.2) is 49.9 Å². The molecule has 6 heteroatoms. The van der Waals surface area contributed by atoms with Crippen molar-refractivity contribution in [2.75, 3.05) is 13.1 Å². The number of aryl methyl sites for hydroxylation is 1. The predicted octanol–water partition coefficient (Wildman–Crippen LogP) is 0.689. The van der Waals surface area contributed by atoms with Crippen molar-refractivity contribution in [3.05, 3.63) is 36.2 Å². The second-order valence-corrected chi connectivity index (χ2v) is 5.01. The average molecular weight is 272 g/mol. The predicted molar refractivity (Wildman–Crippen MR) is 73.0 cm³/mol. The highest BCUT2D eigenvalue weighted by molar-refractivity contribution is 5.94. The van der Waals surface area contributed by atoms with Crippen molar-refractivity contribution in [2.24, 2.45) is 7.05 Å². The van der Waals surface area contributed by atoms with Gasteiger partial charge in [0.05, 0.1) is 6.10 Å². The van der Waals surface area contributed by atoms with Crippen LogP contribution in [0.15, 0.2) is 30.6 Å². The summed E-state index contributed by atoms with van der Waals surface area (Å²) in [6, 6.07) is 7.24. The highest BCUT2D eigenvalue weighted by Gasteiger charge is 2.25. The van der Waals surface area contributed by atoms with Crippen LogP contribution in [0, 0.1) is 0 Å². The van der Waals surface area contributed by atoms with Gasteiger partial charge in [0.25, 0.3) is 5.91 Å². The quantitative estimate of drug-likeness (QED) is 0.873. The van der Waals surface area contributed by atoms with Crippen LogP contribution in [-0.2, 0) is 7.05 Å². The molecule has 1 saturated heterocycles. The Morgan fingerprint density at radius 1 is 1.35 bits per heavy atom. The van der Waals surface area contributed by atoms with Crippen LogP contribution in [0.5, 0.6) is 0 Å². The lowest BCUT2D eigenvalue weighted by Gasteiger charge is -2.15. The van der Waals surface area contributed by atoms with E-state index in [-0.39, 0.29) is 5.91 Å². The lowest BCUT2D eigenvalue weighted by molar-refractivity contribution is 0.0765. The number of aromatic nitrogens is 3. The van der Waals surface area contributed by atoms with Crippen molar-refractivity contribution in [1.29, 1.82) is 0 Å². The van der Waals surface area contributed by atoms with Gasteiger partial charge in [0, 0.05) is 31.3 Å². The third kappa shape index (κ3) is 2.42. The lowest BCUT2D eigenvalue weighted by Crippen LogP contribution is -2.29. The molecule has 1 aromatic carbocycles. The number of amides is 1. The van der Waals surface area contributed by atoms with Crippen LogP contribution in [0.4, 0.5) is 0 Å². The Balaban J connectivity index is 1.77. The third-order valence-electron chi connectivity index (χ3n) is 3.44. The molecule has 1 aliphatic rings. The molecular formula is C14H16N4O2. The van der Waals surface area contributed by atoms with E-state index in [0.717, 1.165) is 5.56 Å². The number of hydrogen-bond donors (Lipinski definition) is 1. The highest BCUT2D eigenvalue weighted by Crippen LogP contribution is 2.18. The fourth-order valence-corrected chi connectivity index (χ4v) is 2.34. The number of benzene rings is 1. The number of likely N-dealkylation sites (tertiary alicyclic amines) is 1. The van der Waals surface area contributed by atoms with Crippen LogP contribution < -0.4 is 0 Å². The smallest absolute Gasteiger partial charge is 0.253 e. The number of aliphatic hydroxyl groups is 1. The van der Waals surface area contributed by atoms with Crippen LogP contribution in [0.25, 0.3) is 11.4 Å². The van der Waals surface area contributed by atoms with Gasteiger partial charge in [-0.1, -0.05) is 12.1 Å². The van der Waals surface area contributed by atoms with E-state index in [1.165, 1.54) is 0 Å². The van der Waals surface area contributed by atoms with Crippen LogP contribution >= 0.6 is 0 Å². The third-order valence-corrected chi connectivity index (χ3v) is 3.44. The van der Waals surface area contributed by atoms with Crippen molar-refractivity contribution < 1.29 is 9.90 Å². The fourth-order valence-electron chi connectivity index (χ4n) is 2.34. The summed E-state index contributed by atoms with van der Waals surface area (Å²) in [6.07, 6.45) is 1.90. The van der Waals surface area contributed by atoms with Gasteiger partial charge in [0.15, 0.2) is 5.82 Å². The van der Waals surface area contributed by atoms with E-state index in [2.05, 4.69) is 10.1 Å². The Morgan fingerprint density at radius 2 is 2.10 bits per heavy atom. The minimum atomic E-state index is -0.393. The minimum Gasteiger partial charge on any atom is -0.391 e. The molecule has 0 spiro atoms. The van der Waals surface area contributed by atoms with Crippen LogP contribution in [0.1, 0.15) is 16.8 Å². The van der Waals surface area contributed by atoms with Gasteiger partial charge >= 0.3 is 0 Å². The maximum Gasteiger partial charge on any atom is 0.253 e. The van der Waals surface area contributed by atoms with E-state index >= 15 is 0 Å². The van der Waals surface area contributed by atoms with Gasteiger partial charge in [-0.15, -0.1) is 0 Å². The van der Waals surface area contributed by atoms with E-state index in [0.29, 0.717) is 30.9 Å². The molecule has 1 aromatic heterocycles. The molecular weight excluding hydrogens is 256 g/mol. The number of nitrogens with zero attached hydrogens (tertiary/aromatic N) is 4. The molecule has 2 aromatic rings. The van der Waals surface area contributed by atoms with E-state index in [1.807, 2.05) is 19.2 Å². The molecule has 1 fully saturated rings. The first kappa shape index (κ1) is 12.8. The highest BCUT2D eigenvalue weighted by atomic mass is 16.3. The topological polar surface area (TPSA) is 71.2 Å². The molecule has 0 unspecified atom stereocenters. The van der Waals surface area contributed by atoms with Gasteiger partial charge in [-0.05, 0) is 18.6 Å². The Labute approximate surface area is 116 Å². The Bertz CT molecular complexity index is 620. The SMILES string of the molecule is Cn1cnc(-c2ccc(C(=O)N3CC[C@@H](O)C3)cc2)n1. The normalized spacial score (nSPS) is 18.5. The van der Waals surface area contributed by atoms with Gasteiger partial charge in [-0.25, -0.2) is 4.98 Å². The molecule has 3 rings (SSSR count). The van der Waals surface area contributed by atoms with Gasteiger partial charge in [0.1, 0.15) is 6.33 Å². The van der Waals surface area contributed by atoms with Crippen molar-refractivity contribution in [1.82, 2.24) is 19.7 Å². The number of rotatable bonds is 2. The number of aliphatic hydroxyl groups excluding tert-OH is 1. The zero-order valence-electron chi connectivity index (χ0n) is 11.2.